The Hall–Kier alpha value is -3.34. The lowest BCUT2D eigenvalue weighted by Gasteiger charge is -2.09. The van der Waals surface area contributed by atoms with Crippen molar-refractivity contribution in [2.24, 2.45) is 0 Å². The maximum atomic E-state index is 11.9. The topological polar surface area (TPSA) is 67.4 Å². The van der Waals surface area contributed by atoms with Gasteiger partial charge in [0.25, 0.3) is 5.91 Å². The fourth-order valence-electron chi connectivity index (χ4n) is 2.51. The molecule has 0 saturated heterocycles. The van der Waals surface area contributed by atoms with E-state index >= 15 is 0 Å². The van der Waals surface area contributed by atoms with Crippen molar-refractivity contribution in [2.45, 2.75) is 6.54 Å². The zero-order valence-electron chi connectivity index (χ0n) is 14.3. The molecule has 0 aliphatic carbocycles. The number of hydrogen-bond donors (Lipinski definition) is 2. The third kappa shape index (κ3) is 5.08. The van der Waals surface area contributed by atoms with Gasteiger partial charge in [-0.05, 0) is 34.5 Å². The maximum absolute atomic E-state index is 11.9. The van der Waals surface area contributed by atoms with Crippen molar-refractivity contribution in [1.29, 1.82) is 0 Å². The van der Waals surface area contributed by atoms with E-state index in [-0.39, 0.29) is 25.0 Å². The third-order valence-electron chi connectivity index (χ3n) is 3.86. The lowest BCUT2D eigenvalue weighted by atomic mass is 10.1. The number of carbonyl (C=O) groups excluding carboxylic acids is 2. The van der Waals surface area contributed by atoms with Crippen LogP contribution in [0.25, 0.3) is 10.8 Å². The summed E-state index contributed by atoms with van der Waals surface area (Å²) >= 11 is 0. The SMILES string of the molecule is O=C(CNC(=O)COc1ccccc1)NCc1ccc2ccccc2c1. The van der Waals surface area contributed by atoms with E-state index in [2.05, 4.69) is 10.6 Å². The average molecular weight is 348 g/mol. The predicted octanol–water partition coefficient (Wildman–Crippen LogP) is 2.65. The Bertz CT molecular complexity index is 894. The van der Waals surface area contributed by atoms with Crippen LogP contribution in [0.4, 0.5) is 0 Å². The van der Waals surface area contributed by atoms with Crippen LogP contribution in [0.1, 0.15) is 5.56 Å². The lowest BCUT2D eigenvalue weighted by Crippen LogP contribution is -2.38. The van der Waals surface area contributed by atoms with Crippen molar-refractivity contribution in [2.75, 3.05) is 13.2 Å². The van der Waals surface area contributed by atoms with Crippen LogP contribution in [-0.2, 0) is 16.1 Å². The number of para-hydroxylation sites is 1. The summed E-state index contributed by atoms with van der Waals surface area (Å²) in [6.45, 7) is 0.215. The van der Waals surface area contributed by atoms with Crippen molar-refractivity contribution < 1.29 is 14.3 Å². The minimum Gasteiger partial charge on any atom is -0.484 e. The molecular weight excluding hydrogens is 328 g/mol. The maximum Gasteiger partial charge on any atom is 0.258 e. The minimum absolute atomic E-state index is 0.0788. The quantitative estimate of drug-likeness (QED) is 0.690. The molecule has 3 rings (SSSR count). The molecule has 0 aliphatic heterocycles. The molecule has 0 aromatic heterocycles. The Balaban J connectivity index is 1.40. The molecule has 3 aromatic carbocycles. The van der Waals surface area contributed by atoms with Crippen LogP contribution in [-0.4, -0.2) is 25.0 Å². The molecule has 0 unspecified atom stereocenters. The van der Waals surface area contributed by atoms with E-state index in [4.69, 9.17) is 4.74 Å². The highest BCUT2D eigenvalue weighted by Gasteiger charge is 2.06. The molecule has 26 heavy (non-hydrogen) atoms. The molecule has 3 aromatic rings. The Morgan fingerprint density at radius 1 is 0.769 bits per heavy atom. The minimum atomic E-state index is -0.338. The number of benzene rings is 3. The number of nitrogens with one attached hydrogen (secondary N) is 2. The van der Waals surface area contributed by atoms with Crippen LogP contribution in [0.5, 0.6) is 5.75 Å². The average Bonchev–Trinajstić information content (AvgIpc) is 2.69. The zero-order chi connectivity index (χ0) is 18.2. The molecule has 0 bridgehead atoms. The van der Waals surface area contributed by atoms with E-state index in [1.807, 2.05) is 60.7 Å². The number of ether oxygens (including phenoxy) is 1. The van der Waals surface area contributed by atoms with Crippen LogP contribution in [0.15, 0.2) is 72.8 Å². The summed E-state index contributed by atoms with van der Waals surface area (Å²) in [5, 5.41) is 7.63. The van der Waals surface area contributed by atoms with E-state index < -0.39 is 0 Å². The number of amides is 2. The van der Waals surface area contributed by atoms with Gasteiger partial charge in [0, 0.05) is 6.54 Å². The molecule has 0 radical (unpaired) electrons. The molecule has 5 nitrogen and oxygen atoms in total. The van der Waals surface area contributed by atoms with Gasteiger partial charge in [-0.1, -0.05) is 54.6 Å². The molecule has 0 saturated carbocycles. The molecule has 5 heteroatoms. The molecule has 0 fully saturated rings. The lowest BCUT2D eigenvalue weighted by molar-refractivity contribution is -0.127. The standard InChI is InChI=1S/C21H20N2O3/c24-20(14-23-21(25)15-26-19-8-2-1-3-9-19)22-13-16-10-11-17-6-4-5-7-18(17)12-16/h1-12H,13-15H2,(H,22,24)(H,23,25). The Labute approximate surface area is 152 Å². The number of fused-ring (bicyclic) bond motifs is 1. The molecular formula is C21H20N2O3. The molecule has 0 aliphatic rings. The van der Waals surface area contributed by atoms with Gasteiger partial charge in [-0.25, -0.2) is 0 Å². The smallest absolute Gasteiger partial charge is 0.258 e. The van der Waals surface area contributed by atoms with Crippen LogP contribution in [0, 0.1) is 0 Å². The first-order valence-corrected chi connectivity index (χ1v) is 8.39. The van der Waals surface area contributed by atoms with Gasteiger partial charge in [-0.15, -0.1) is 0 Å². The molecule has 0 heterocycles. The van der Waals surface area contributed by atoms with Gasteiger partial charge < -0.3 is 15.4 Å². The monoisotopic (exact) mass is 348 g/mol. The van der Waals surface area contributed by atoms with Crippen molar-refractivity contribution in [1.82, 2.24) is 10.6 Å². The number of carbonyl (C=O) groups is 2. The molecule has 0 spiro atoms. The van der Waals surface area contributed by atoms with Crippen LogP contribution < -0.4 is 15.4 Å². The highest BCUT2D eigenvalue weighted by atomic mass is 16.5. The number of rotatable bonds is 7. The van der Waals surface area contributed by atoms with Gasteiger partial charge in [0.15, 0.2) is 6.61 Å². The fourth-order valence-corrected chi connectivity index (χ4v) is 2.51. The van der Waals surface area contributed by atoms with E-state index in [0.29, 0.717) is 12.3 Å². The third-order valence-corrected chi connectivity index (χ3v) is 3.86. The first kappa shape index (κ1) is 17.5. The van der Waals surface area contributed by atoms with Crippen LogP contribution in [0.2, 0.25) is 0 Å². The van der Waals surface area contributed by atoms with Gasteiger partial charge in [0.05, 0.1) is 6.54 Å². The summed E-state index contributed by atoms with van der Waals surface area (Å²) in [5.41, 5.74) is 1.01. The van der Waals surface area contributed by atoms with E-state index in [9.17, 15) is 9.59 Å². The predicted molar refractivity (Wildman–Crippen MR) is 101 cm³/mol. The van der Waals surface area contributed by atoms with E-state index in [0.717, 1.165) is 16.3 Å². The summed E-state index contributed by atoms with van der Waals surface area (Å²) < 4.78 is 5.33. The molecule has 2 N–H and O–H groups in total. The van der Waals surface area contributed by atoms with Gasteiger partial charge in [0.1, 0.15) is 5.75 Å². The highest BCUT2D eigenvalue weighted by molar-refractivity contribution is 5.86. The summed E-state index contributed by atoms with van der Waals surface area (Å²) in [7, 11) is 0. The Morgan fingerprint density at radius 2 is 1.50 bits per heavy atom. The second-order valence-corrected chi connectivity index (χ2v) is 5.84. The Kier molecular flexibility index (Phi) is 5.83. The first-order chi connectivity index (χ1) is 12.7. The number of hydrogen-bond acceptors (Lipinski definition) is 3. The summed E-state index contributed by atoms with van der Waals surface area (Å²) in [6.07, 6.45) is 0. The molecule has 0 atom stereocenters. The van der Waals surface area contributed by atoms with Crippen molar-refractivity contribution >= 4 is 22.6 Å². The zero-order valence-corrected chi connectivity index (χ0v) is 14.3. The van der Waals surface area contributed by atoms with Crippen LogP contribution >= 0.6 is 0 Å². The summed E-state index contributed by atoms with van der Waals surface area (Å²) in [5.74, 6) is 0.0318. The van der Waals surface area contributed by atoms with Gasteiger partial charge >= 0.3 is 0 Å². The van der Waals surface area contributed by atoms with Gasteiger partial charge in [0.2, 0.25) is 5.91 Å². The van der Waals surface area contributed by atoms with Crippen LogP contribution in [0.3, 0.4) is 0 Å². The van der Waals surface area contributed by atoms with E-state index in [1.165, 1.54) is 0 Å². The fraction of sp³-hybridized carbons (Fsp3) is 0.143. The summed E-state index contributed by atoms with van der Waals surface area (Å²) in [4.78, 5) is 23.6. The first-order valence-electron chi connectivity index (χ1n) is 8.39. The van der Waals surface area contributed by atoms with Crippen molar-refractivity contribution in [3.8, 4) is 5.75 Å². The largest absolute Gasteiger partial charge is 0.484 e. The molecule has 132 valence electrons. The molecule has 2 amide bonds. The van der Waals surface area contributed by atoms with Gasteiger partial charge in [-0.2, -0.15) is 0 Å². The normalized spacial score (nSPS) is 10.3. The second-order valence-electron chi connectivity index (χ2n) is 5.84. The van der Waals surface area contributed by atoms with Crippen molar-refractivity contribution in [3.05, 3.63) is 78.4 Å². The van der Waals surface area contributed by atoms with E-state index in [1.54, 1.807) is 12.1 Å². The second kappa shape index (κ2) is 8.67. The summed E-state index contributed by atoms with van der Waals surface area (Å²) in [6, 6.07) is 23.2. The Morgan fingerprint density at radius 3 is 2.31 bits per heavy atom. The van der Waals surface area contributed by atoms with Crippen molar-refractivity contribution in [3.63, 3.8) is 0 Å². The van der Waals surface area contributed by atoms with Gasteiger partial charge in [-0.3, -0.25) is 9.59 Å². The highest BCUT2D eigenvalue weighted by Crippen LogP contribution is 2.15.